The SMILES string of the molecule is CC1CCN([C@H]2C[C@@H](c3ccccc3)[C@@H](C(=O)Cc3ccc(C(=O)OC(C)(C)C)cc3)N(C(=O)/C=C/c3cc(Cl)ccc3-n3cnnn3)C2)CC1. The summed E-state index contributed by atoms with van der Waals surface area (Å²) in [4.78, 5) is 45.9. The van der Waals surface area contributed by atoms with E-state index in [4.69, 9.17) is 16.3 Å². The maximum absolute atomic E-state index is 14.6. The van der Waals surface area contributed by atoms with Crippen LogP contribution in [0.1, 0.15) is 79.9 Å². The Hall–Kier alpha value is -4.67. The average molecular weight is 709 g/mol. The first kappa shape index (κ1) is 36.1. The molecule has 3 heterocycles. The Morgan fingerprint density at radius 1 is 0.980 bits per heavy atom. The van der Waals surface area contributed by atoms with Crippen molar-refractivity contribution in [3.8, 4) is 5.69 Å². The predicted octanol–water partition coefficient (Wildman–Crippen LogP) is 6.58. The van der Waals surface area contributed by atoms with Gasteiger partial charge in [0.25, 0.3) is 0 Å². The number of esters is 1. The fraction of sp³-hybridized carbons (Fsp3) is 0.400. The minimum absolute atomic E-state index is 0.0570. The summed E-state index contributed by atoms with van der Waals surface area (Å²) in [7, 11) is 0. The number of Topliss-reactive ketones (excluding diaryl/α,β-unsaturated/α-hetero) is 1. The van der Waals surface area contributed by atoms with Gasteiger partial charge in [-0.05, 0) is 117 Å². The molecule has 2 aliphatic heterocycles. The summed E-state index contributed by atoms with van der Waals surface area (Å²) < 4.78 is 7.03. The summed E-state index contributed by atoms with van der Waals surface area (Å²) in [5, 5.41) is 12.0. The molecule has 1 amide bonds. The minimum atomic E-state index is -0.701. The third-order valence-electron chi connectivity index (χ3n) is 9.78. The fourth-order valence-corrected chi connectivity index (χ4v) is 7.33. The largest absolute Gasteiger partial charge is 0.456 e. The molecule has 10 nitrogen and oxygen atoms in total. The maximum Gasteiger partial charge on any atom is 0.338 e. The Morgan fingerprint density at radius 2 is 1.71 bits per heavy atom. The number of carbonyl (C=O) groups is 3. The number of likely N-dealkylation sites (tertiary alicyclic amines) is 2. The summed E-state index contributed by atoms with van der Waals surface area (Å²) >= 11 is 6.38. The van der Waals surface area contributed by atoms with Crippen molar-refractivity contribution in [3.05, 3.63) is 112 Å². The molecule has 4 aromatic rings. The van der Waals surface area contributed by atoms with Crippen molar-refractivity contribution in [2.45, 2.75) is 77.0 Å². The molecule has 2 fully saturated rings. The molecule has 1 aromatic heterocycles. The normalized spacial score (nSPS) is 20.4. The molecule has 0 spiro atoms. The van der Waals surface area contributed by atoms with Crippen LogP contribution in [0.2, 0.25) is 5.02 Å². The van der Waals surface area contributed by atoms with Gasteiger partial charge in [-0.1, -0.05) is 61.0 Å². The first-order chi connectivity index (χ1) is 24.4. The van der Waals surface area contributed by atoms with Crippen LogP contribution in [0.15, 0.2) is 85.2 Å². The van der Waals surface area contributed by atoms with Crippen LogP contribution in [-0.4, -0.2) is 85.0 Å². The van der Waals surface area contributed by atoms with Gasteiger partial charge in [0.2, 0.25) is 5.91 Å². The number of amides is 1. The molecule has 51 heavy (non-hydrogen) atoms. The lowest BCUT2D eigenvalue weighted by Gasteiger charge is -2.48. The molecule has 0 N–H and O–H groups in total. The van der Waals surface area contributed by atoms with E-state index in [9.17, 15) is 14.4 Å². The van der Waals surface area contributed by atoms with Crippen molar-refractivity contribution in [2.24, 2.45) is 5.92 Å². The van der Waals surface area contributed by atoms with E-state index in [0.717, 1.165) is 43.5 Å². The predicted molar refractivity (Wildman–Crippen MR) is 197 cm³/mol. The minimum Gasteiger partial charge on any atom is -0.456 e. The molecule has 11 heteroatoms. The van der Waals surface area contributed by atoms with Gasteiger partial charge < -0.3 is 9.64 Å². The van der Waals surface area contributed by atoms with E-state index >= 15 is 0 Å². The lowest BCUT2D eigenvalue weighted by molar-refractivity contribution is -0.140. The van der Waals surface area contributed by atoms with Crippen molar-refractivity contribution in [1.82, 2.24) is 30.0 Å². The van der Waals surface area contributed by atoms with Crippen LogP contribution < -0.4 is 0 Å². The molecular formula is C40H45ClN6O4. The first-order valence-corrected chi connectivity index (χ1v) is 18.0. The number of piperidine rings is 2. The average Bonchev–Trinajstić information content (AvgIpc) is 3.65. The smallest absolute Gasteiger partial charge is 0.338 e. The van der Waals surface area contributed by atoms with Crippen LogP contribution in [-0.2, 0) is 20.7 Å². The molecule has 266 valence electrons. The van der Waals surface area contributed by atoms with E-state index in [0.29, 0.717) is 34.3 Å². The van der Waals surface area contributed by atoms with Crippen LogP contribution in [0.3, 0.4) is 0 Å². The second-order valence-corrected chi connectivity index (χ2v) is 15.1. The third-order valence-corrected chi connectivity index (χ3v) is 10.0. The summed E-state index contributed by atoms with van der Waals surface area (Å²) in [6, 6.07) is 21.7. The number of nitrogens with zero attached hydrogens (tertiary/aromatic N) is 6. The quantitative estimate of drug-likeness (QED) is 0.142. The molecule has 3 atom stereocenters. The van der Waals surface area contributed by atoms with E-state index in [1.165, 1.54) is 17.1 Å². The summed E-state index contributed by atoms with van der Waals surface area (Å²) in [5.41, 5.74) is 2.92. The molecule has 0 saturated carbocycles. The molecular weight excluding hydrogens is 664 g/mol. The van der Waals surface area contributed by atoms with E-state index in [2.05, 4.69) is 39.5 Å². The van der Waals surface area contributed by atoms with Crippen molar-refractivity contribution >= 4 is 35.3 Å². The highest BCUT2D eigenvalue weighted by molar-refractivity contribution is 6.30. The van der Waals surface area contributed by atoms with Crippen LogP contribution in [0.25, 0.3) is 11.8 Å². The number of benzene rings is 3. The number of halogens is 1. The zero-order valence-electron chi connectivity index (χ0n) is 29.6. The summed E-state index contributed by atoms with van der Waals surface area (Å²) in [6.45, 7) is 10.1. The highest BCUT2D eigenvalue weighted by Crippen LogP contribution is 2.37. The van der Waals surface area contributed by atoms with Gasteiger partial charge >= 0.3 is 5.97 Å². The topological polar surface area (TPSA) is 111 Å². The second kappa shape index (κ2) is 15.7. The number of hydrogen-bond acceptors (Lipinski definition) is 8. The second-order valence-electron chi connectivity index (χ2n) is 14.7. The van der Waals surface area contributed by atoms with E-state index in [1.807, 2.05) is 39.0 Å². The Morgan fingerprint density at radius 3 is 2.37 bits per heavy atom. The van der Waals surface area contributed by atoms with E-state index in [1.54, 1.807) is 53.4 Å². The van der Waals surface area contributed by atoms with Gasteiger partial charge in [0.1, 0.15) is 11.9 Å². The van der Waals surface area contributed by atoms with Crippen molar-refractivity contribution in [1.29, 1.82) is 0 Å². The van der Waals surface area contributed by atoms with E-state index < -0.39 is 17.6 Å². The van der Waals surface area contributed by atoms with Gasteiger partial charge in [0.15, 0.2) is 5.78 Å². The number of ketones is 1. The van der Waals surface area contributed by atoms with Crippen molar-refractivity contribution < 1.29 is 19.1 Å². The molecule has 0 aliphatic carbocycles. The molecule has 0 radical (unpaired) electrons. The Bertz CT molecular complexity index is 1850. The molecule has 2 aliphatic rings. The summed E-state index contributed by atoms with van der Waals surface area (Å²) in [5.74, 6) is -0.274. The standard InChI is InChI=1S/C40H45ClN6O4/c1-27-18-20-45(21-19-27)33-24-34(29-8-6-5-7-9-29)38(36(48)22-28-10-12-30(13-11-28)39(50)51-40(2,3)4)46(25-33)37(49)17-14-31-23-32(41)15-16-35(31)47-26-42-43-44-47/h5-17,23,26-27,33-34,38H,18-22,24-25H2,1-4H3/b17-14+/t33-,34-,38-/m0/s1. The maximum atomic E-state index is 14.6. The fourth-order valence-electron chi connectivity index (χ4n) is 7.15. The number of rotatable bonds is 9. The molecule has 3 aromatic carbocycles. The van der Waals surface area contributed by atoms with Gasteiger partial charge in [-0.25, -0.2) is 4.79 Å². The Kier molecular flexibility index (Phi) is 11.1. The lowest BCUT2D eigenvalue weighted by atomic mass is 9.77. The number of tetrazole rings is 1. The van der Waals surface area contributed by atoms with Crippen LogP contribution in [0, 0.1) is 5.92 Å². The van der Waals surface area contributed by atoms with Gasteiger partial charge in [-0.3, -0.25) is 14.5 Å². The van der Waals surface area contributed by atoms with Crippen molar-refractivity contribution in [3.63, 3.8) is 0 Å². The molecule has 2 saturated heterocycles. The van der Waals surface area contributed by atoms with Gasteiger partial charge in [0.05, 0.1) is 17.3 Å². The van der Waals surface area contributed by atoms with Crippen molar-refractivity contribution in [2.75, 3.05) is 19.6 Å². The van der Waals surface area contributed by atoms with Crippen LogP contribution in [0.5, 0.6) is 0 Å². The zero-order valence-corrected chi connectivity index (χ0v) is 30.4. The van der Waals surface area contributed by atoms with Crippen LogP contribution >= 0.6 is 11.6 Å². The number of hydrogen-bond donors (Lipinski definition) is 0. The van der Waals surface area contributed by atoms with Gasteiger partial charge in [-0.15, -0.1) is 5.10 Å². The zero-order chi connectivity index (χ0) is 36.1. The van der Waals surface area contributed by atoms with Crippen LogP contribution in [0.4, 0.5) is 0 Å². The number of aromatic nitrogens is 4. The van der Waals surface area contributed by atoms with Gasteiger partial charge in [0, 0.05) is 41.6 Å². The Labute approximate surface area is 304 Å². The monoisotopic (exact) mass is 708 g/mol. The highest BCUT2D eigenvalue weighted by atomic mass is 35.5. The van der Waals surface area contributed by atoms with E-state index in [-0.39, 0.29) is 30.1 Å². The lowest BCUT2D eigenvalue weighted by Crippen LogP contribution is -2.60. The molecule has 0 bridgehead atoms. The highest BCUT2D eigenvalue weighted by Gasteiger charge is 2.44. The summed E-state index contributed by atoms with van der Waals surface area (Å²) in [6.07, 6.45) is 7.81. The van der Waals surface area contributed by atoms with Gasteiger partial charge in [-0.2, -0.15) is 4.68 Å². The number of ether oxygens (including phenoxy) is 1. The molecule has 6 rings (SSSR count). The Balaban J connectivity index is 1.33. The molecule has 0 unspecified atom stereocenters. The third kappa shape index (κ3) is 8.98. The first-order valence-electron chi connectivity index (χ1n) is 17.6. The number of carbonyl (C=O) groups excluding carboxylic acids is 3.